The summed E-state index contributed by atoms with van der Waals surface area (Å²) < 4.78 is 39.5. The van der Waals surface area contributed by atoms with Gasteiger partial charge in [-0.1, -0.05) is 23.2 Å². The quantitative estimate of drug-likeness (QED) is 0.803. The van der Waals surface area contributed by atoms with Crippen LogP contribution in [0, 0.1) is 17.5 Å². The highest BCUT2D eigenvalue weighted by Crippen LogP contribution is 2.27. The standard InChI is InChI=1S/C14H10Cl2F3NO/c15-7-1-2-10(16)9(3-7)13(21)6-20-12-5-8(17)4-11(18)14(12)19/h1-5,13,20-21H,6H2. The zero-order valence-corrected chi connectivity index (χ0v) is 12.0. The Labute approximate surface area is 129 Å². The number of hydrogen-bond acceptors (Lipinski definition) is 2. The highest BCUT2D eigenvalue weighted by Gasteiger charge is 2.15. The molecule has 0 aliphatic heterocycles. The Bertz CT molecular complexity index is 667. The monoisotopic (exact) mass is 335 g/mol. The minimum absolute atomic E-state index is 0.195. The number of benzene rings is 2. The van der Waals surface area contributed by atoms with Crippen LogP contribution in [-0.2, 0) is 0 Å². The number of rotatable bonds is 4. The number of hydrogen-bond donors (Lipinski definition) is 2. The number of aliphatic hydroxyl groups excluding tert-OH is 1. The fourth-order valence-electron chi connectivity index (χ4n) is 1.77. The van der Waals surface area contributed by atoms with Crippen LogP contribution >= 0.6 is 23.2 Å². The topological polar surface area (TPSA) is 32.3 Å². The van der Waals surface area contributed by atoms with Gasteiger partial charge in [0.2, 0.25) is 0 Å². The molecule has 2 N–H and O–H groups in total. The van der Waals surface area contributed by atoms with E-state index in [0.717, 1.165) is 6.07 Å². The van der Waals surface area contributed by atoms with Crippen LogP contribution in [0.15, 0.2) is 30.3 Å². The molecule has 0 aromatic heterocycles. The Kier molecular flexibility index (Phi) is 4.98. The van der Waals surface area contributed by atoms with Crippen molar-refractivity contribution in [2.45, 2.75) is 6.10 Å². The molecule has 0 aliphatic rings. The summed E-state index contributed by atoms with van der Waals surface area (Å²) in [6.07, 6.45) is -1.12. The molecule has 0 aliphatic carbocycles. The lowest BCUT2D eigenvalue weighted by molar-refractivity contribution is 0.191. The normalized spacial score (nSPS) is 12.3. The van der Waals surface area contributed by atoms with Gasteiger partial charge in [-0.15, -0.1) is 0 Å². The third-order valence-corrected chi connectivity index (χ3v) is 3.38. The van der Waals surface area contributed by atoms with Crippen molar-refractivity contribution < 1.29 is 18.3 Å². The molecule has 0 amide bonds. The smallest absolute Gasteiger partial charge is 0.182 e. The first-order valence-corrected chi connectivity index (χ1v) is 6.65. The van der Waals surface area contributed by atoms with Crippen molar-refractivity contribution in [3.05, 3.63) is 63.4 Å². The second kappa shape index (κ2) is 6.56. The van der Waals surface area contributed by atoms with E-state index >= 15 is 0 Å². The van der Waals surface area contributed by atoms with E-state index in [9.17, 15) is 18.3 Å². The summed E-state index contributed by atoms with van der Waals surface area (Å²) in [5.41, 5.74) is -0.0568. The lowest BCUT2D eigenvalue weighted by atomic mass is 10.1. The van der Waals surface area contributed by atoms with Gasteiger partial charge in [-0.3, -0.25) is 0 Å². The van der Waals surface area contributed by atoms with Crippen LogP contribution in [0.25, 0.3) is 0 Å². The Morgan fingerprint density at radius 1 is 1.10 bits per heavy atom. The molecule has 21 heavy (non-hydrogen) atoms. The fourth-order valence-corrected chi connectivity index (χ4v) is 2.20. The Balaban J connectivity index is 2.14. The zero-order valence-electron chi connectivity index (χ0n) is 10.5. The van der Waals surface area contributed by atoms with Gasteiger partial charge in [-0.25, -0.2) is 13.2 Å². The highest BCUT2D eigenvalue weighted by atomic mass is 35.5. The largest absolute Gasteiger partial charge is 0.387 e. The summed E-state index contributed by atoms with van der Waals surface area (Å²) in [6, 6.07) is 5.74. The molecular formula is C14H10Cl2F3NO. The van der Waals surface area contributed by atoms with Crippen molar-refractivity contribution in [1.29, 1.82) is 0 Å². The van der Waals surface area contributed by atoms with Gasteiger partial charge in [-0.05, 0) is 18.2 Å². The lowest BCUT2D eigenvalue weighted by Gasteiger charge is -2.15. The predicted molar refractivity (Wildman–Crippen MR) is 76.2 cm³/mol. The average molecular weight is 336 g/mol. The minimum atomic E-state index is -1.31. The van der Waals surface area contributed by atoms with Crippen molar-refractivity contribution in [2.75, 3.05) is 11.9 Å². The molecule has 0 radical (unpaired) electrons. The first kappa shape index (κ1) is 15.9. The number of nitrogens with one attached hydrogen (secondary N) is 1. The second-order valence-corrected chi connectivity index (χ2v) is 5.16. The van der Waals surface area contributed by atoms with E-state index in [2.05, 4.69) is 5.32 Å². The summed E-state index contributed by atoms with van der Waals surface area (Å²) in [7, 11) is 0. The fraction of sp³-hybridized carbons (Fsp3) is 0.143. The van der Waals surface area contributed by atoms with Crippen LogP contribution in [0.1, 0.15) is 11.7 Å². The molecule has 0 spiro atoms. The lowest BCUT2D eigenvalue weighted by Crippen LogP contribution is -2.14. The second-order valence-electron chi connectivity index (χ2n) is 4.31. The van der Waals surface area contributed by atoms with E-state index in [-0.39, 0.29) is 17.3 Å². The average Bonchev–Trinajstić information content (AvgIpc) is 2.43. The van der Waals surface area contributed by atoms with Crippen molar-refractivity contribution in [3.8, 4) is 0 Å². The first-order valence-electron chi connectivity index (χ1n) is 5.90. The number of halogens is 5. The van der Waals surface area contributed by atoms with Crippen molar-refractivity contribution in [1.82, 2.24) is 0 Å². The molecule has 2 rings (SSSR count). The summed E-state index contributed by atoms with van der Waals surface area (Å²) in [4.78, 5) is 0. The Morgan fingerprint density at radius 3 is 2.52 bits per heavy atom. The van der Waals surface area contributed by atoms with Crippen LogP contribution < -0.4 is 5.32 Å². The van der Waals surface area contributed by atoms with Gasteiger partial charge in [-0.2, -0.15) is 0 Å². The molecule has 1 unspecified atom stereocenters. The van der Waals surface area contributed by atoms with Crippen LogP contribution in [0.3, 0.4) is 0 Å². The maximum atomic E-state index is 13.4. The Morgan fingerprint density at radius 2 is 1.81 bits per heavy atom. The van der Waals surface area contributed by atoms with Crippen molar-refractivity contribution in [2.24, 2.45) is 0 Å². The van der Waals surface area contributed by atoms with Gasteiger partial charge in [0.1, 0.15) is 5.82 Å². The predicted octanol–water partition coefficient (Wildman–Crippen LogP) is 4.56. The molecule has 0 saturated heterocycles. The molecule has 0 heterocycles. The van der Waals surface area contributed by atoms with E-state index < -0.39 is 23.6 Å². The third-order valence-electron chi connectivity index (χ3n) is 2.80. The summed E-state index contributed by atoms with van der Waals surface area (Å²) >= 11 is 11.7. The summed E-state index contributed by atoms with van der Waals surface area (Å²) in [5, 5.41) is 13.1. The molecule has 2 nitrogen and oxygen atoms in total. The minimum Gasteiger partial charge on any atom is -0.387 e. The van der Waals surface area contributed by atoms with Gasteiger partial charge >= 0.3 is 0 Å². The van der Waals surface area contributed by atoms with Gasteiger partial charge in [0.25, 0.3) is 0 Å². The molecule has 2 aromatic rings. The van der Waals surface area contributed by atoms with Crippen molar-refractivity contribution >= 4 is 28.9 Å². The van der Waals surface area contributed by atoms with Crippen molar-refractivity contribution in [3.63, 3.8) is 0 Å². The highest BCUT2D eigenvalue weighted by molar-refractivity contribution is 6.33. The molecule has 2 aromatic carbocycles. The summed E-state index contributed by atoms with van der Waals surface area (Å²) in [5.74, 6) is -3.46. The maximum absolute atomic E-state index is 13.4. The molecule has 112 valence electrons. The molecular weight excluding hydrogens is 326 g/mol. The molecule has 0 saturated carbocycles. The van der Waals surface area contributed by atoms with Gasteiger partial charge in [0.15, 0.2) is 11.6 Å². The first-order chi connectivity index (χ1) is 9.88. The van der Waals surface area contributed by atoms with E-state index in [0.29, 0.717) is 16.7 Å². The van der Waals surface area contributed by atoms with Crippen LogP contribution in [0.5, 0.6) is 0 Å². The van der Waals surface area contributed by atoms with Gasteiger partial charge < -0.3 is 10.4 Å². The van der Waals surface area contributed by atoms with Crippen LogP contribution in [0.2, 0.25) is 10.0 Å². The van der Waals surface area contributed by atoms with Gasteiger partial charge in [0.05, 0.1) is 11.8 Å². The Hall–Kier alpha value is -1.43. The number of anilines is 1. The molecule has 7 heteroatoms. The van der Waals surface area contributed by atoms with E-state index in [1.165, 1.54) is 12.1 Å². The third kappa shape index (κ3) is 3.81. The molecule has 0 bridgehead atoms. The SMILES string of the molecule is OC(CNc1cc(F)cc(F)c1F)c1cc(Cl)ccc1Cl. The maximum Gasteiger partial charge on any atom is 0.182 e. The van der Waals surface area contributed by atoms with Crippen LogP contribution in [-0.4, -0.2) is 11.7 Å². The van der Waals surface area contributed by atoms with E-state index in [4.69, 9.17) is 23.2 Å². The van der Waals surface area contributed by atoms with Gasteiger partial charge in [0, 0.05) is 34.3 Å². The molecule has 0 fully saturated rings. The van der Waals surface area contributed by atoms with Crippen LogP contribution in [0.4, 0.5) is 18.9 Å². The zero-order chi connectivity index (χ0) is 15.6. The van der Waals surface area contributed by atoms with E-state index in [1.54, 1.807) is 6.07 Å². The number of aliphatic hydroxyl groups is 1. The molecule has 1 atom stereocenters. The van der Waals surface area contributed by atoms with E-state index in [1.807, 2.05) is 0 Å². The summed E-state index contributed by atoms with van der Waals surface area (Å²) in [6.45, 7) is -0.195.